The lowest BCUT2D eigenvalue weighted by Crippen LogP contribution is -2.44. The summed E-state index contributed by atoms with van der Waals surface area (Å²) in [6, 6.07) is 9.43. The number of hydrogen-bond donors (Lipinski definition) is 1. The van der Waals surface area contributed by atoms with Crippen LogP contribution in [0, 0.1) is 5.92 Å². The smallest absolute Gasteiger partial charge is 0.410 e. The molecular weight excluding hydrogens is 332 g/mol. The van der Waals surface area contributed by atoms with Gasteiger partial charge in [0.15, 0.2) is 5.78 Å². The molecule has 1 aliphatic rings. The highest BCUT2D eigenvalue weighted by molar-refractivity contribution is 5.88. The summed E-state index contributed by atoms with van der Waals surface area (Å²) in [5, 5.41) is 2.70. The van der Waals surface area contributed by atoms with E-state index < -0.39 is 5.60 Å². The van der Waals surface area contributed by atoms with E-state index in [9.17, 15) is 14.4 Å². The molecule has 1 saturated heterocycles. The van der Waals surface area contributed by atoms with Gasteiger partial charge in [-0.15, -0.1) is 0 Å². The average Bonchev–Trinajstić information content (AvgIpc) is 2.59. The Balaban J connectivity index is 1.71. The third-order valence-corrected chi connectivity index (χ3v) is 4.27. The van der Waals surface area contributed by atoms with Gasteiger partial charge < -0.3 is 15.0 Å². The number of carbonyl (C=O) groups excluding carboxylic acids is 3. The van der Waals surface area contributed by atoms with Crippen LogP contribution in [0.15, 0.2) is 30.3 Å². The van der Waals surface area contributed by atoms with Crippen LogP contribution in [0.1, 0.15) is 39.2 Å². The zero-order valence-corrected chi connectivity index (χ0v) is 15.8. The molecule has 6 heteroatoms. The zero-order chi connectivity index (χ0) is 19.2. The van der Waals surface area contributed by atoms with E-state index in [1.54, 1.807) is 4.90 Å². The van der Waals surface area contributed by atoms with Crippen LogP contribution in [0.5, 0.6) is 0 Å². The summed E-state index contributed by atoms with van der Waals surface area (Å²) in [5.41, 5.74) is 0.399. The van der Waals surface area contributed by atoms with Crippen LogP contribution in [-0.2, 0) is 20.7 Å². The largest absolute Gasteiger partial charge is 0.444 e. The molecule has 1 fully saturated rings. The minimum absolute atomic E-state index is 0.0234. The van der Waals surface area contributed by atoms with Crippen molar-refractivity contribution in [2.45, 2.75) is 45.6 Å². The minimum Gasteiger partial charge on any atom is -0.444 e. The van der Waals surface area contributed by atoms with Gasteiger partial charge in [0.05, 0.1) is 13.0 Å². The van der Waals surface area contributed by atoms with Gasteiger partial charge in [0, 0.05) is 19.0 Å². The molecule has 0 bridgehead atoms. The van der Waals surface area contributed by atoms with E-state index in [4.69, 9.17) is 4.74 Å². The number of nitrogens with zero attached hydrogens (tertiary/aromatic N) is 1. The third-order valence-electron chi connectivity index (χ3n) is 4.27. The molecule has 0 saturated carbocycles. The number of hydrogen-bond acceptors (Lipinski definition) is 4. The number of piperidine rings is 1. The normalized spacial score (nSPS) is 15.4. The molecule has 0 aliphatic carbocycles. The molecule has 0 atom stereocenters. The highest BCUT2D eigenvalue weighted by atomic mass is 16.6. The maximum Gasteiger partial charge on any atom is 0.410 e. The lowest BCUT2D eigenvalue weighted by Gasteiger charge is -2.32. The molecule has 0 aromatic heterocycles. The van der Waals surface area contributed by atoms with Crippen molar-refractivity contribution < 1.29 is 19.1 Å². The monoisotopic (exact) mass is 360 g/mol. The van der Waals surface area contributed by atoms with E-state index in [-0.39, 0.29) is 36.7 Å². The van der Waals surface area contributed by atoms with E-state index in [0.29, 0.717) is 25.9 Å². The van der Waals surface area contributed by atoms with Gasteiger partial charge in [0.1, 0.15) is 5.60 Å². The van der Waals surface area contributed by atoms with Crippen LogP contribution in [0.4, 0.5) is 4.79 Å². The van der Waals surface area contributed by atoms with Gasteiger partial charge in [-0.3, -0.25) is 9.59 Å². The predicted octanol–water partition coefficient (Wildman–Crippen LogP) is 2.56. The number of nitrogens with one attached hydrogen (secondary N) is 1. The molecule has 1 aromatic carbocycles. The second-order valence-electron chi connectivity index (χ2n) is 7.65. The minimum atomic E-state index is -0.521. The van der Waals surface area contributed by atoms with E-state index in [0.717, 1.165) is 5.56 Å². The van der Waals surface area contributed by atoms with Crippen molar-refractivity contribution in [1.29, 1.82) is 0 Å². The van der Waals surface area contributed by atoms with Gasteiger partial charge in [0.25, 0.3) is 0 Å². The van der Waals surface area contributed by atoms with Crippen molar-refractivity contribution in [3.05, 3.63) is 35.9 Å². The fraction of sp³-hybridized carbons (Fsp3) is 0.550. The first kappa shape index (κ1) is 19.9. The molecule has 0 radical (unpaired) electrons. The first-order valence-corrected chi connectivity index (χ1v) is 9.06. The van der Waals surface area contributed by atoms with E-state index in [1.807, 2.05) is 51.1 Å². The Bertz CT molecular complexity index is 629. The molecule has 0 unspecified atom stereocenters. The molecule has 6 nitrogen and oxygen atoms in total. The van der Waals surface area contributed by atoms with Gasteiger partial charge in [-0.25, -0.2) is 4.79 Å². The summed E-state index contributed by atoms with van der Waals surface area (Å²) >= 11 is 0. The van der Waals surface area contributed by atoms with E-state index in [1.165, 1.54) is 0 Å². The lowest BCUT2D eigenvalue weighted by atomic mass is 9.92. The molecule has 142 valence electrons. The number of carbonyl (C=O) groups is 3. The van der Waals surface area contributed by atoms with Gasteiger partial charge in [0.2, 0.25) is 5.91 Å². The van der Waals surface area contributed by atoms with E-state index >= 15 is 0 Å². The number of rotatable bonds is 5. The van der Waals surface area contributed by atoms with Gasteiger partial charge in [-0.1, -0.05) is 30.3 Å². The van der Waals surface area contributed by atoms with Crippen LogP contribution in [0.3, 0.4) is 0 Å². The number of amides is 2. The first-order chi connectivity index (χ1) is 12.2. The molecule has 2 rings (SSSR count). The van der Waals surface area contributed by atoms with E-state index in [2.05, 4.69) is 5.32 Å². The zero-order valence-electron chi connectivity index (χ0n) is 15.8. The molecule has 1 aromatic rings. The quantitative estimate of drug-likeness (QED) is 0.876. The summed E-state index contributed by atoms with van der Waals surface area (Å²) in [7, 11) is 0. The highest BCUT2D eigenvalue weighted by Crippen LogP contribution is 2.20. The Hall–Kier alpha value is -2.37. The molecule has 1 N–H and O–H groups in total. The SMILES string of the molecule is CC(C)(C)OC(=O)N1CCC(C(=O)CNC(=O)Cc2ccccc2)CC1. The molecular formula is C20H28N2O4. The number of Topliss-reactive ketones (excluding diaryl/α,β-unsaturated/α-hetero) is 1. The van der Waals surface area contributed by atoms with Crippen LogP contribution in [-0.4, -0.2) is 47.9 Å². The second-order valence-corrected chi connectivity index (χ2v) is 7.65. The summed E-state index contributed by atoms with van der Waals surface area (Å²) in [6.07, 6.45) is 1.14. The maximum absolute atomic E-state index is 12.3. The number of ether oxygens (including phenoxy) is 1. The van der Waals surface area contributed by atoms with Gasteiger partial charge >= 0.3 is 6.09 Å². The molecule has 26 heavy (non-hydrogen) atoms. The van der Waals surface area contributed by atoms with Crippen molar-refractivity contribution in [3.8, 4) is 0 Å². The Morgan fingerprint density at radius 3 is 2.31 bits per heavy atom. The van der Waals surface area contributed by atoms with Gasteiger partial charge in [-0.05, 0) is 39.2 Å². The topological polar surface area (TPSA) is 75.7 Å². The van der Waals surface area contributed by atoms with Crippen LogP contribution < -0.4 is 5.32 Å². The molecule has 2 amide bonds. The van der Waals surface area contributed by atoms with Crippen LogP contribution in [0.25, 0.3) is 0 Å². The van der Waals surface area contributed by atoms with Crippen LogP contribution in [0.2, 0.25) is 0 Å². The maximum atomic E-state index is 12.3. The molecule has 0 spiro atoms. The van der Waals surface area contributed by atoms with Crippen molar-refractivity contribution in [2.24, 2.45) is 5.92 Å². The standard InChI is InChI=1S/C20H28N2O4/c1-20(2,3)26-19(25)22-11-9-16(10-12-22)17(23)14-21-18(24)13-15-7-5-4-6-8-15/h4-8,16H,9-14H2,1-3H3,(H,21,24). The predicted molar refractivity (Wildman–Crippen MR) is 98.7 cm³/mol. The van der Waals surface area contributed by atoms with Gasteiger partial charge in [-0.2, -0.15) is 0 Å². The average molecular weight is 360 g/mol. The van der Waals surface area contributed by atoms with Crippen molar-refractivity contribution in [1.82, 2.24) is 10.2 Å². The summed E-state index contributed by atoms with van der Waals surface area (Å²) in [4.78, 5) is 37.9. The number of likely N-dealkylation sites (tertiary alicyclic amines) is 1. The Kier molecular flexibility index (Phi) is 6.77. The second kappa shape index (κ2) is 8.83. The Morgan fingerprint density at radius 2 is 1.73 bits per heavy atom. The summed E-state index contributed by atoms with van der Waals surface area (Å²) < 4.78 is 5.35. The summed E-state index contributed by atoms with van der Waals surface area (Å²) in [6.45, 7) is 6.55. The lowest BCUT2D eigenvalue weighted by molar-refractivity contribution is -0.127. The number of benzene rings is 1. The highest BCUT2D eigenvalue weighted by Gasteiger charge is 2.29. The molecule has 1 aliphatic heterocycles. The molecule has 1 heterocycles. The van der Waals surface area contributed by atoms with Crippen molar-refractivity contribution in [2.75, 3.05) is 19.6 Å². The van der Waals surface area contributed by atoms with Crippen molar-refractivity contribution in [3.63, 3.8) is 0 Å². The number of ketones is 1. The van der Waals surface area contributed by atoms with Crippen molar-refractivity contribution >= 4 is 17.8 Å². The first-order valence-electron chi connectivity index (χ1n) is 9.06. The Morgan fingerprint density at radius 1 is 1.12 bits per heavy atom. The fourth-order valence-electron chi connectivity index (χ4n) is 2.88. The third kappa shape index (κ3) is 6.50. The van der Waals surface area contributed by atoms with Crippen LogP contribution >= 0.6 is 0 Å². The summed E-state index contributed by atoms with van der Waals surface area (Å²) in [5.74, 6) is -0.253. The Labute approximate surface area is 154 Å². The fourth-order valence-corrected chi connectivity index (χ4v) is 2.88.